The molecule has 0 radical (unpaired) electrons. The summed E-state index contributed by atoms with van der Waals surface area (Å²) in [7, 11) is 0. The van der Waals surface area contributed by atoms with E-state index in [4.69, 9.17) is 23.7 Å². The van der Waals surface area contributed by atoms with Crippen LogP contribution in [0, 0.1) is 0 Å². The van der Waals surface area contributed by atoms with Crippen LogP contribution in [0.1, 0.15) is 112 Å². The Kier molecular flexibility index (Phi) is 16.2. The van der Waals surface area contributed by atoms with Crippen molar-refractivity contribution in [1.29, 1.82) is 0 Å². The van der Waals surface area contributed by atoms with Crippen molar-refractivity contribution < 1.29 is 47.7 Å². The standard InChI is InChI=1S/C47H52N2O10/c1-4-5-6-7-8-9-10-11-12-13-14-15-16-17-18-19-20-21-44(52)48-28-29-55-46(54)49-35-22-25-39-38(30-35)45(53)59-47(39)40-26-23-36(56-33(2)50)31-42(40)58-43-32-37(57-34(3)51)24-27-41(43)47/h8-9,11-12,14-15,17-18,22-27,30-32H,4-7,10,13,16,19-21,28-29H2,1-3H3,(H,48,52)(H,49,54)/b9-8+,12-11+,15-14+,18-17+. The van der Waals surface area contributed by atoms with Crippen LogP contribution < -0.4 is 24.8 Å². The van der Waals surface area contributed by atoms with Gasteiger partial charge in [-0.25, -0.2) is 9.59 Å². The highest BCUT2D eigenvalue weighted by Gasteiger charge is 2.53. The predicted molar refractivity (Wildman–Crippen MR) is 224 cm³/mol. The summed E-state index contributed by atoms with van der Waals surface area (Å²) in [6.45, 7) is 4.86. The first kappa shape index (κ1) is 43.7. The van der Waals surface area contributed by atoms with Gasteiger partial charge in [0.2, 0.25) is 5.91 Å². The molecule has 0 saturated heterocycles. The Bertz CT molecular complexity index is 2050. The molecule has 5 rings (SSSR count). The van der Waals surface area contributed by atoms with Gasteiger partial charge in [-0.2, -0.15) is 0 Å². The molecule has 0 aliphatic carbocycles. The van der Waals surface area contributed by atoms with E-state index in [-0.39, 0.29) is 53.3 Å². The molecule has 310 valence electrons. The first-order valence-electron chi connectivity index (χ1n) is 20.1. The van der Waals surface area contributed by atoms with Gasteiger partial charge in [0.25, 0.3) is 0 Å². The number of anilines is 1. The van der Waals surface area contributed by atoms with Crippen LogP contribution in [0.25, 0.3) is 0 Å². The maximum atomic E-state index is 13.5. The number of hydrogen-bond donors (Lipinski definition) is 2. The molecule has 1 spiro atoms. The molecule has 12 nitrogen and oxygen atoms in total. The zero-order valence-corrected chi connectivity index (χ0v) is 33.9. The van der Waals surface area contributed by atoms with E-state index in [2.05, 4.69) is 66.2 Å². The van der Waals surface area contributed by atoms with Gasteiger partial charge in [0.15, 0.2) is 5.60 Å². The highest BCUT2D eigenvalue weighted by Crippen LogP contribution is 2.57. The van der Waals surface area contributed by atoms with E-state index in [1.54, 1.807) is 36.4 Å². The molecule has 2 aliphatic rings. The lowest BCUT2D eigenvalue weighted by molar-refractivity contribution is -0.132. The maximum Gasteiger partial charge on any atom is 0.411 e. The van der Waals surface area contributed by atoms with Gasteiger partial charge in [-0.05, 0) is 81.3 Å². The van der Waals surface area contributed by atoms with E-state index in [0.717, 1.165) is 25.7 Å². The van der Waals surface area contributed by atoms with Gasteiger partial charge >= 0.3 is 24.0 Å². The van der Waals surface area contributed by atoms with Gasteiger partial charge in [-0.15, -0.1) is 0 Å². The monoisotopic (exact) mass is 804 g/mol. The second-order valence-corrected chi connectivity index (χ2v) is 14.0. The summed E-state index contributed by atoms with van der Waals surface area (Å²) in [5.41, 5.74) is 0.390. The van der Waals surface area contributed by atoms with Crippen LogP contribution in [0.15, 0.2) is 103 Å². The van der Waals surface area contributed by atoms with E-state index in [0.29, 0.717) is 29.5 Å². The normalized spacial score (nSPS) is 13.6. The number of amides is 2. The third-order valence-electron chi connectivity index (χ3n) is 9.41. The number of esters is 3. The van der Waals surface area contributed by atoms with Gasteiger partial charge in [0, 0.05) is 54.8 Å². The van der Waals surface area contributed by atoms with Crippen LogP contribution in [-0.4, -0.2) is 43.1 Å². The first-order chi connectivity index (χ1) is 28.6. The van der Waals surface area contributed by atoms with Crippen molar-refractivity contribution in [3.8, 4) is 23.0 Å². The largest absolute Gasteiger partial charge is 0.456 e. The predicted octanol–water partition coefficient (Wildman–Crippen LogP) is 9.92. The van der Waals surface area contributed by atoms with Crippen molar-refractivity contribution in [3.63, 3.8) is 0 Å². The molecule has 3 aromatic rings. The van der Waals surface area contributed by atoms with E-state index < -0.39 is 29.6 Å². The lowest BCUT2D eigenvalue weighted by Crippen LogP contribution is -2.33. The molecule has 59 heavy (non-hydrogen) atoms. The van der Waals surface area contributed by atoms with Crippen LogP contribution in [-0.2, 0) is 29.5 Å². The number of nitrogens with one attached hydrogen (secondary N) is 2. The quantitative estimate of drug-likeness (QED) is 0.0488. The number of hydrogen-bond acceptors (Lipinski definition) is 10. The number of unbranched alkanes of at least 4 members (excludes halogenated alkanes) is 4. The summed E-state index contributed by atoms with van der Waals surface area (Å²) in [6, 6.07) is 14.2. The number of fused-ring (bicyclic) bond motifs is 6. The summed E-state index contributed by atoms with van der Waals surface area (Å²) in [5.74, 6) is -0.913. The van der Waals surface area contributed by atoms with E-state index >= 15 is 0 Å². The minimum Gasteiger partial charge on any atom is -0.456 e. The van der Waals surface area contributed by atoms with Crippen LogP contribution in [0.3, 0.4) is 0 Å². The van der Waals surface area contributed by atoms with Gasteiger partial charge in [0.1, 0.15) is 29.6 Å². The summed E-state index contributed by atoms with van der Waals surface area (Å²) < 4.78 is 28.2. The number of carbonyl (C=O) groups is 5. The Labute approximate surface area is 345 Å². The SMILES string of the molecule is CCCCC/C=C/C/C=C/C/C=C/C/C=C/CCCC(=O)NCCOC(=O)Nc1ccc2c(c1)C(=O)OC21c2ccc(OC(C)=O)cc2Oc2cc(OC(C)=O)ccc21. The van der Waals surface area contributed by atoms with E-state index in [1.807, 2.05) is 0 Å². The highest BCUT2D eigenvalue weighted by molar-refractivity contribution is 5.99. The molecule has 3 aromatic carbocycles. The zero-order valence-electron chi connectivity index (χ0n) is 33.9. The van der Waals surface area contributed by atoms with Crippen molar-refractivity contribution in [2.24, 2.45) is 0 Å². The summed E-state index contributed by atoms with van der Waals surface area (Å²) in [6.07, 6.45) is 26.2. The Morgan fingerprint density at radius 2 is 1.25 bits per heavy atom. The lowest BCUT2D eigenvalue weighted by Gasteiger charge is -2.36. The first-order valence-corrected chi connectivity index (χ1v) is 20.1. The Morgan fingerprint density at radius 3 is 1.83 bits per heavy atom. The van der Waals surface area contributed by atoms with Crippen LogP contribution in [0.2, 0.25) is 0 Å². The summed E-state index contributed by atoms with van der Waals surface area (Å²) in [5, 5.41) is 5.39. The lowest BCUT2D eigenvalue weighted by atomic mass is 9.77. The minimum atomic E-state index is -1.48. The summed E-state index contributed by atoms with van der Waals surface area (Å²) in [4.78, 5) is 61.8. The van der Waals surface area contributed by atoms with E-state index in [1.165, 1.54) is 57.7 Å². The Hall–Kier alpha value is -6.43. The van der Waals surface area contributed by atoms with Crippen molar-refractivity contribution in [1.82, 2.24) is 5.32 Å². The molecule has 2 N–H and O–H groups in total. The van der Waals surface area contributed by atoms with Crippen LogP contribution >= 0.6 is 0 Å². The second kappa shape index (κ2) is 21.9. The third-order valence-corrected chi connectivity index (χ3v) is 9.41. The fourth-order valence-corrected chi connectivity index (χ4v) is 6.74. The molecule has 2 amide bonds. The fourth-order valence-electron chi connectivity index (χ4n) is 6.74. The van der Waals surface area contributed by atoms with E-state index in [9.17, 15) is 24.0 Å². The molecular formula is C47H52N2O10. The number of rotatable bonds is 20. The molecule has 12 heteroatoms. The molecule has 0 saturated carbocycles. The van der Waals surface area contributed by atoms with Crippen molar-refractivity contribution >= 4 is 35.6 Å². The smallest absolute Gasteiger partial charge is 0.411 e. The molecule has 0 unspecified atom stereocenters. The molecule has 0 aromatic heterocycles. The zero-order chi connectivity index (χ0) is 42.0. The number of allylic oxidation sites excluding steroid dienone is 8. The molecule has 2 heterocycles. The number of ether oxygens (including phenoxy) is 5. The van der Waals surface area contributed by atoms with Crippen molar-refractivity contribution in [3.05, 3.63) is 125 Å². The van der Waals surface area contributed by atoms with Crippen molar-refractivity contribution in [2.45, 2.75) is 90.6 Å². The van der Waals surface area contributed by atoms with Crippen molar-refractivity contribution in [2.75, 3.05) is 18.5 Å². The van der Waals surface area contributed by atoms with Gasteiger partial charge in [-0.1, -0.05) is 74.4 Å². The van der Waals surface area contributed by atoms with Crippen LogP contribution in [0.4, 0.5) is 10.5 Å². The van der Waals surface area contributed by atoms with Gasteiger partial charge in [-0.3, -0.25) is 19.7 Å². The second-order valence-electron chi connectivity index (χ2n) is 14.0. The number of carbonyl (C=O) groups excluding carboxylic acids is 5. The third kappa shape index (κ3) is 12.3. The van der Waals surface area contributed by atoms with Gasteiger partial charge in [0.05, 0.1) is 12.1 Å². The Morgan fingerprint density at radius 1 is 0.695 bits per heavy atom. The fraction of sp³-hybridized carbons (Fsp3) is 0.340. The highest BCUT2D eigenvalue weighted by atomic mass is 16.6. The molecule has 2 aliphatic heterocycles. The molecule has 0 atom stereocenters. The van der Waals surface area contributed by atoms with Crippen LogP contribution in [0.5, 0.6) is 23.0 Å². The molecule has 0 fully saturated rings. The topological polar surface area (TPSA) is 156 Å². The summed E-state index contributed by atoms with van der Waals surface area (Å²) >= 11 is 0. The Balaban J connectivity index is 1.07. The average Bonchev–Trinajstić information content (AvgIpc) is 3.48. The molecule has 0 bridgehead atoms. The average molecular weight is 805 g/mol. The van der Waals surface area contributed by atoms with Gasteiger partial charge < -0.3 is 29.0 Å². The molecular weight excluding hydrogens is 753 g/mol. The minimum absolute atomic E-state index is 0.0525. The maximum absolute atomic E-state index is 13.5. The number of benzene rings is 3.